The Morgan fingerprint density at radius 3 is 2.35 bits per heavy atom. The lowest BCUT2D eigenvalue weighted by Crippen LogP contribution is -2.48. The van der Waals surface area contributed by atoms with Crippen molar-refractivity contribution >= 4 is 11.9 Å². The van der Waals surface area contributed by atoms with Crippen molar-refractivity contribution in [1.29, 1.82) is 0 Å². The van der Waals surface area contributed by atoms with Gasteiger partial charge in [0.15, 0.2) is 0 Å². The summed E-state index contributed by atoms with van der Waals surface area (Å²) in [5.41, 5.74) is -1.92. The molecule has 0 aromatic heterocycles. The molecule has 1 fully saturated rings. The van der Waals surface area contributed by atoms with Gasteiger partial charge in [-0.15, -0.1) is 0 Å². The van der Waals surface area contributed by atoms with Gasteiger partial charge in [-0.2, -0.15) is 0 Å². The summed E-state index contributed by atoms with van der Waals surface area (Å²) in [6, 6.07) is 0. The van der Waals surface area contributed by atoms with E-state index in [1.807, 2.05) is 0 Å². The highest BCUT2D eigenvalue weighted by atomic mass is 16.6. The van der Waals surface area contributed by atoms with Crippen molar-refractivity contribution in [3.05, 3.63) is 0 Å². The molecule has 1 heterocycles. The number of carbonyl (C=O) groups excluding carboxylic acids is 2. The minimum atomic E-state index is -1.15. The Morgan fingerprint density at radius 1 is 1.25 bits per heavy atom. The van der Waals surface area contributed by atoms with Gasteiger partial charge in [0, 0.05) is 13.8 Å². The van der Waals surface area contributed by atoms with E-state index in [-0.39, 0.29) is 12.6 Å². The van der Waals surface area contributed by atoms with Crippen LogP contribution in [0.1, 0.15) is 47.5 Å². The molecule has 1 rings (SSSR count). The highest BCUT2D eigenvalue weighted by Gasteiger charge is 2.46. The second-order valence-electron chi connectivity index (χ2n) is 6.01. The van der Waals surface area contributed by atoms with Crippen LogP contribution < -0.4 is 0 Å². The fraction of sp³-hybridized carbons (Fsp3) is 0.857. The van der Waals surface area contributed by atoms with Crippen molar-refractivity contribution in [2.45, 2.75) is 70.9 Å². The summed E-state index contributed by atoms with van der Waals surface area (Å²) >= 11 is 0. The largest absolute Gasteiger partial charge is 0.463 e. The molecule has 6 nitrogen and oxygen atoms in total. The van der Waals surface area contributed by atoms with Crippen molar-refractivity contribution in [2.24, 2.45) is 0 Å². The number of hydrogen-bond acceptors (Lipinski definition) is 6. The molecule has 0 aromatic carbocycles. The number of ether oxygens (including phenoxy) is 3. The van der Waals surface area contributed by atoms with Gasteiger partial charge in [-0.3, -0.25) is 9.59 Å². The third kappa shape index (κ3) is 4.45. The van der Waals surface area contributed by atoms with Gasteiger partial charge in [-0.1, -0.05) is 0 Å². The van der Waals surface area contributed by atoms with Gasteiger partial charge in [0.1, 0.15) is 24.4 Å². The van der Waals surface area contributed by atoms with E-state index in [1.165, 1.54) is 13.8 Å². The predicted molar refractivity (Wildman–Crippen MR) is 71.0 cm³/mol. The van der Waals surface area contributed by atoms with E-state index in [1.54, 1.807) is 20.8 Å². The van der Waals surface area contributed by atoms with E-state index in [9.17, 15) is 14.7 Å². The molecule has 0 radical (unpaired) electrons. The summed E-state index contributed by atoms with van der Waals surface area (Å²) in [4.78, 5) is 22.1. The van der Waals surface area contributed by atoms with E-state index in [0.717, 1.165) is 0 Å². The predicted octanol–water partition coefficient (Wildman–Crippen LogP) is 1.19. The van der Waals surface area contributed by atoms with E-state index in [4.69, 9.17) is 14.2 Å². The quantitative estimate of drug-likeness (QED) is 0.786. The van der Waals surface area contributed by atoms with Crippen LogP contribution in [0.3, 0.4) is 0 Å². The maximum absolute atomic E-state index is 11.2. The Labute approximate surface area is 119 Å². The lowest BCUT2D eigenvalue weighted by atomic mass is 9.91. The van der Waals surface area contributed by atoms with Crippen LogP contribution in [0.5, 0.6) is 0 Å². The third-order valence-electron chi connectivity index (χ3n) is 3.57. The molecule has 1 saturated heterocycles. The third-order valence-corrected chi connectivity index (χ3v) is 3.57. The van der Waals surface area contributed by atoms with Crippen LogP contribution in [-0.2, 0) is 23.8 Å². The zero-order valence-electron chi connectivity index (χ0n) is 12.8. The SMILES string of the molecule is CC(=O)OC[C@@H]1OC(C)(C)[C@H](OC(C)=O)CC[C@@]1(C)O. The Bertz CT molecular complexity index is 374. The Kier molecular flexibility index (Phi) is 5.15. The van der Waals surface area contributed by atoms with Crippen LogP contribution in [0.25, 0.3) is 0 Å². The van der Waals surface area contributed by atoms with Crippen LogP contribution in [0.2, 0.25) is 0 Å². The Balaban J connectivity index is 2.87. The first-order valence-corrected chi connectivity index (χ1v) is 6.75. The van der Waals surface area contributed by atoms with Gasteiger partial charge in [-0.25, -0.2) is 0 Å². The first-order chi connectivity index (χ1) is 9.04. The summed E-state index contributed by atoms with van der Waals surface area (Å²) in [5, 5.41) is 10.5. The highest BCUT2D eigenvalue weighted by Crippen LogP contribution is 2.35. The topological polar surface area (TPSA) is 82.1 Å². The van der Waals surface area contributed by atoms with Crippen molar-refractivity contribution in [2.75, 3.05) is 6.61 Å². The van der Waals surface area contributed by atoms with Crippen LogP contribution in [0, 0.1) is 0 Å². The van der Waals surface area contributed by atoms with Crippen LogP contribution in [-0.4, -0.2) is 47.1 Å². The van der Waals surface area contributed by atoms with Crippen molar-refractivity contribution in [3.63, 3.8) is 0 Å². The Hall–Kier alpha value is -1.14. The molecule has 0 bridgehead atoms. The van der Waals surface area contributed by atoms with Crippen LogP contribution >= 0.6 is 0 Å². The molecule has 0 spiro atoms. The highest BCUT2D eigenvalue weighted by molar-refractivity contribution is 5.66. The van der Waals surface area contributed by atoms with Gasteiger partial charge >= 0.3 is 11.9 Å². The van der Waals surface area contributed by atoms with Crippen molar-refractivity contribution in [3.8, 4) is 0 Å². The zero-order valence-corrected chi connectivity index (χ0v) is 12.8. The van der Waals surface area contributed by atoms with E-state index < -0.39 is 29.4 Å². The zero-order chi connectivity index (χ0) is 15.6. The van der Waals surface area contributed by atoms with Crippen LogP contribution in [0.15, 0.2) is 0 Å². The van der Waals surface area contributed by atoms with E-state index >= 15 is 0 Å². The van der Waals surface area contributed by atoms with E-state index in [0.29, 0.717) is 12.8 Å². The molecule has 116 valence electrons. The van der Waals surface area contributed by atoms with Gasteiger partial charge in [0.25, 0.3) is 0 Å². The molecule has 1 aliphatic heterocycles. The summed E-state index contributed by atoms with van der Waals surface area (Å²) in [6.45, 7) is 7.84. The van der Waals surface area contributed by atoms with Crippen LogP contribution in [0.4, 0.5) is 0 Å². The van der Waals surface area contributed by atoms with Gasteiger partial charge in [-0.05, 0) is 33.6 Å². The number of hydrogen-bond donors (Lipinski definition) is 1. The summed E-state index contributed by atoms with van der Waals surface area (Å²) in [6.07, 6.45) is -0.244. The van der Waals surface area contributed by atoms with Gasteiger partial charge in [0.2, 0.25) is 0 Å². The minimum Gasteiger partial charge on any atom is -0.463 e. The molecule has 0 unspecified atom stereocenters. The minimum absolute atomic E-state index is 0.0292. The number of aliphatic hydroxyl groups is 1. The van der Waals surface area contributed by atoms with Gasteiger partial charge < -0.3 is 19.3 Å². The lowest BCUT2D eigenvalue weighted by Gasteiger charge is -2.36. The molecule has 0 aromatic rings. The van der Waals surface area contributed by atoms with Crippen molar-refractivity contribution < 1.29 is 28.9 Å². The molecular weight excluding hydrogens is 264 g/mol. The fourth-order valence-electron chi connectivity index (χ4n) is 2.31. The average molecular weight is 288 g/mol. The number of rotatable bonds is 3. The molecule has 20 heavy (non-hydrogen) atoms. The molecule has 3 atom stereocenters. The molecule has 1 N–H and O–H groups in total. The monoisotopic (exact) mass is 288 g/mol. The second kappa shape index (κ2) is 6.10. The van der Waals surface area contributed by atoms with E-state index in [2.05, 4.69) is 0 Å². The lowest BCUT2D eigenvalue weighted by molar-refractivity contribution is -0.197. The fourth-order valence-corrected chi connectivity index (χ4v) is 2.31. The molecule has 0 saturated carbocycles. The average Bonchev–Trinajstić information content (AvgIpc) is 2.35. The summed E-state index contributed by atoms with van der Waals surface area (Å²) in [7, 11) is 0. The molecule has 1 aliphatic rings. The maximum Gasteiger partial charge on any atom is 0.303 e. The number of carbonyl (C=O) groups is 2. The first-order valence-electron chi connectivity index (χ1n) is 6.75. The van der Waals surface area contributed by atoms with Crippen molar-refractivity contribution in [1.82, 2.24) is 0 Å². The maximum atomic E-state index is 11.2. The molecule has 0 aliphatic carbocycles. The molecule has 6 heteroatoms. The Morgan fingerprint density at radius 2 is 1.85 bits per heavy atom. The second-order valence-corrected chi connectivity index (χ2v) is 6.01. The smallest absolute Gasteiger partial charge is 0.303 e. The standard InChI is InChI=1S/C14H24O6/c1-9(15)18-8-12-14(5,17)7-6-11(19-10(2)16)13(3,4)20-12/h11-12,17H,6-8H2,1-5H3/t11-,12+,14-/m1/s1. The first kappa shape index (κ1) is 16.9. The number of esters is 2. The normalized spacial score (nSPS) is 33.1. The summed E-state index contributed by atoms with van der Waals surface area (Å²) < 4.78 is 16.1. The van der Waals surface area contributed by atoms with Gasteiger partial charge in [0.05, 0.1) is 5.60 Å². The molecule has 0 amide bonds. The molecular formula is C14H24O6. The summed E-state index contributed by atoms with van der Waals surface area (Å²) in [5.74, 6) is -0.812.